The van der Waals surface area contributed by atoms with Crippen LogP contribution in [0.15, 0.2) is 47.0 Å². The van der Waals surface area contributed by atoms with Crippen molar-refractivity contribution in [1.29, 1.82) is 0 Å². The number of rotatable bonds is 5. The lowest BCUT2D eigenvalue weighted by Gasteiger charge is -2.07. The maximum absolute atomic E-state index is 13.8. The molecule has 0 amide bonds. The van der Waals surface area contributed by atoms with E-state index in [1.165, 1.54) is 12.3 Å². The third kappa shape index (κ3) is 4.14. The highest BCUT2D eigenvalue weighted by atomic mass is 19.1. The maximum atomic E-state index is 13.8. The van der Waals surface area contributed by atoms with Gasteiger partial charge in [0.15, 0.2) is 11.7 Å². The van der Waals surface area contributed by atoms with Crippen LogP contribution in [0.3, 0.4) is 0 Å². The minimum absolute atomic E-state index is 0.0686. The fourth-order valence-corrected chi connectivity index (χ4v) is 2.54. The second-order valence-corrected chi connectivity index (χ2v) is 5.99. The number of carbonyl (C=O) groups is 1. The number of aromatic nitrogens is 1. The molecule has 0 aliphatic rings. The van der Waals surface area contributed by atoms with Crippen molar-refractivity contribution in [2.75, 3.05) is 0 Å². The number of nitrogens with zero attached hydrogens (tertiary/aromatic N) is 1. The third-order valence-electron chi connectivity index (χ3n) is 3.85. The molecule has 1 heterocycles. The van der Waals surface area contributed by atoms with Gasteiger partial charge in [-0.25, -0.2) is 13.8 Å². The van der Waals surface area contributed by atoms with E-state index in [4.69, 9.17) is 9.15 Å². The summed E-state index contributed by atoms with van der Waals surface area (Å²) in [5, 5.41) is 0. The smallest absolute Gasteiger partial charge is 0.311 e. The first-order valence-corrected chi connectivity index (χ1v) is 8.10. The number of hydrogen-bond donors (Lipinski definition) is 0. The molecule has 3 aromatic rings. The summed E-state index contributed by atoms with van der Waals surface area (Å²) >= 11 is 0. The maximum Gasteiger partial charge on any atom is 0.311 e. The summed E-state index contributed by atoms with van der Waals surface area (Å²) in [6.07, 6.45) is 1.63. The summed E-state index contributed by atoms with van der Waals surface area (Å²) in [7, 11) is 0. The van der Waals surface area contributed by atoms with Crippen molar-refractivity contribution in [2.24, 2.45) is 0 Å². The minimum atomic E-state index is -0.734. The van der Waals surface area contributed by atoms with Gasteiger partial charge in [-0.1, -0.05) is 17.7 Å². The van der Waals surface area contributed by atoms with Crippen molar-refractivity contribution in [3.63, 3.8) is 0 Å². The number of esters is 1. The summed E-state index contributed by atoms with van der Waals surface area (Å²) < 4.78 is 37.5. The van der Waals surface area contributed by atoms with E-state index in [9.17, 15) is 13.6 Å². The molecule has 0 saturated carbocycles. The monoisotopic (exact) mass is 357 g/mol. The molecule has 26 heavy (non-hydrogen) atoms. The quantitative estimate of drug-likeness (QED) is 0.487. The van der Waals surface area contributed by atoms with Crippen LogP contribution >= 0.6 is 0 Å². The number of hydrogen-bond acceptors (Lipinski definition) is 4. The average Bonchev–Trinajstić information content (AvgIpc) is 3.04. The van der Waals surface area contributed by atoms with E-state index in [1.807, 2.05) is 26.0 Å². The molecule has 0 fully saturated rings. The molecule has 4 nitrogen and oxygen atoms in total. The van der Waals surface area contributed by atoms with E-state index in [-0.39, 0.29) is 30.1 Å². The van der Waals surface area contributed by atoms with Crippen LogP contribution in [0.25, 0.3) is 11.3 Å². The van der Waals surface area contributed by atoms with E-state index < -0.39 is 17.6 Å². The average molecular weight is 357 g/mol. The van der Waals surface area contributed by atoms with Crippen molar-refractivity contribution in [2.45, 2.75) is 26.7 Å². The lowest BCUT2D eigenvalue weighted by molar-refractivity contribution is -0.134. The Morgan fingerprint density at radius 2 is 1.96 bits per heavy atom. The molecule has 0 radical (unpaired) electrons. The molecule has 0 saturated heterocycles. The number of benzene rings is 2. The number of oxazole rings is 1. The van der Waals surface area contributed by atoms with E-state index in [0.717, 1.165) is 23.3 Å². The van der Waals surface area contributed by atoms with Gasteiger partial charge in [-0.15, -0.1) is 0 Å². The topological polar surface area (TPSA) is 52.3 Å². The summed E-state index contributed by atoms with van der Waals surface area (Å²) in [5.74, 6) is -0.838. The molecule has 0 spiro atoms. The van der Waals surface area contributed by atoms with Gasteiger partial charge < -0.3 is 9.15 Å². The Morgan fingerprint density at radius 3 is 2.69 bits per heavy atom. The molecule has 1 aromatic heterocycles. The molecule has 0 bridgehead atoms. The molecule has 6 heteroatoms. The third-order valence-corrected chi connectivity index (χ3v) is 3.85. The van der Waals surface area contributed by atoms with E-state index in [1.54, 1.807) is 6.07 Å². The molecule has 2 aromatic carbocycles. The van der Waals surface area contributed by atoms with Gasteiger partial charge in [-0.2, -0.15) is 0 Å². The van der Waals surface area contributed by atoms with Gasteiger partial charge in [0.05, 0.1) is 18.2 Å². The highest BCUT2D eigenvalue weighted by molar-refractivity contribution is 5.73. The van der Waals surface area contributed by atoms with Crippen molar-refractivity contribution < 1.29 is 22.7 Å². The van der Waals surface area contributed by atoms with Gasteiger partial charge >= 0.3 is 5.97 Å². The van der Waals surface area contributed by atoms with Gasteiger partial charge in [0.2, 0.25) is 0 Å². The molecule has 0 aliphatic heterocycles. The molecule has 0 aliphatic carbocycles. The van der Waals surface area contributed by atoms with Crippen LogP contribution in [0.1, 0.15) is 23.4 Å². The number of carbonyl (C=O) groups excluding carboxylic acids is 1. The Labute approximate surface area is 149 Å². The van der Waals surface area contributed by atoms with Crippen molar-refractivity contribution >= 4 is 5.97 Å². The molecule has 0 N–H and O–H groups in total. The summed E-state index contributed by atoms with van der Waals surface area (Å²) in [5.41, 5.74) is 2.08. The Kier molecular flexibility index (Phi) is 5.11. The Bertz CT molecular complexity index is 950. The van der Waals surface area contributed by atoms with Crippen LogP contribution in [0.4, 0.5) is 8.78 Å². The fourth-order valence-electron chi connectivity index (χ4n) is 2.54. The van der Waals surface area contributed by atoms with Gasteiger partial charge in [0.25, 0.3) is 0 Å². The lowest BCUT2D eigenvalue weighted by Crippen LogP contribution is -2.10. The first-order valence-electron chi connectivity index (χ1n) is 8.10. The van der Waals surface area contributed by atoms with Gasteiger partial charge in [-0.3, -0.25) is 4.79 Å². The van der Waals surface area contributed by atoms with Crippen LogP contribution in [0.2, 0.25) is 0 Å². The fraction of sp³-hybridized carbons (Fsp3) is 0.200. The van der Waals surface area contributed by atoms with Gasteiger partial charge in [0, 0.05) is 12.5 Å². The molecular formula is C20H17F2NO3. The normalized spacial score (nSPS) is 10.8. The highest BCUT2D eigenvalue weighted by Gasteiger charge is 2.14. The Morgan fingerprint density at radius 1 is 1.15 bits per heavy atom. The van der Waals surface area contributed by atoms with Gasteiger partial charge in [-0.05, 0) is 37.6 Å². The van der Waals surface area contributed by atoms with Crippen molar-refractivity contribution in [3.05, 3.63) is 71.2 Å². The lowest BCUT2D eigenvalue weighted by atomic mass is 10.1. The zero-order valence-corrected chi connectivity index (χ0v) is 14.4. The largest absolute Gasteiger partial charge is 0.441 e. The predicted octanol–water partition coefficient (Wildman–Crippen LogP) is 4.77. The summed E-state index contributed by atoms with van der Waals surface area (Å²) in [4.78, 5) is 16.0. The zero-order chi connectivity index (χ0) is 18.7. The summed E-state index contributed by atoms with van der Waals surface area (Å²) in [6, 6.07) is 8.75. The Hall–Kier alpha value is -3.02. The first-order chi connectivity index (χ1) is 12.4. The predicted molar refractivity (Wildman–Crippen MR) is 91.7 cm³/mol. The minimum Gasteiger partial charge on any atom is -0.441 e. The first kappa shape index (κ1) is 17.8. The molecule has 0 atom stereocenters. The number of ether oxygens (including phenoxy) is 1. The van der Waals surface area contributed by atoms with Crippen molar-refractivity contribution in [3.8, 4) is 17.1 Å². The number of halogens is 2. The standard InChI is InChI=1S/C20H17F2NO3/c1-12-3-6-17(13(2)9-12)26-20(24)8-7-19-23-11-18(25-19)15-5-4-14(21)10-16(15)22/h3-6,9-11H,7-8H2,1-2H3. The number of aryl methyl sites for hydroxylation is 3. The van der Waals surface area contributed by atoms with Gasteiger partial charge in [0.1, 0.15) is 17.4 Å². The van der Waals surface area contributed by atoms with Crippen LogP contribution in [0.5, 0.6) is 5.75 Å². The van der Waals surface area contributed by atoms with Crippen molar-refractivity contribution in [1.82, 2.24) is 4.98 Å². The van der Waals surface area contributed by atoms with Crippen LogP contribution in [-0.4, -0.2) is 11.0 Å². The molecular weight excluding hydrogens is 340 g/mol. The second kappa shape index (κ2) is 7.47. The highest BCUT2D eigenvalue weighted by Crippen LogP contribution is 2.25. The second-order valence-electron chi connectivity index (χ2n) is 5.99. The summed E-state index contributed by atoms with van der Waals surface area (Å²) in [6.45, 7) is 3.83. The molecule has 0 unspecified atom stereocenters. The van der Waals surface area contributed by atoms with E-state index in [2.05, 4.69) is 4.98 Å². The van der Waals surface area contributed by atoms with E-state index in [0.29, 0.717) is 5.75 Å². The van der Waals surface area contributed by atoms with Crippen LogP contribution in [0, 0.1) is 25.5 Å². The molecule has 3 rings (SSSR count). The molecule has 134 valence electrons. The SMILES string of the molecule is Cc1ccc(OC(=O)CCc2ncc(-c3ccc(F)cc3F)o2)c(C)c1. The van der Waals surface area contributed by atoms with Crippen LogP contribution in [-0.2, 0) is 11.2 Å². The Balaban J connectivity index is 1.61. The van der Waals surface area contributed by atoms with Crippen LogP contribution < -0.4 is 4.74 Å². The zero-order valence-electron chi connectivity index (χ0n) is 14.4. The van der Waals surface area contributed by atoms with E-state index >= 15 is 0 Å².